The number of ketones is 1. The first kappa shape index (κ1) is 16.7. The Morgan fingerprint density at radius 1 is 0.913 bits per heavy atom. The lowest BCUT2D eigenvalue weighted by molar-refractivity contribution is -0.115. The fraction of sp³-hybridized carbons (Fsp3) is 0.263. The van der Waals surface area contributed by atoms with Gasteiger partial charge in [-0.05, 0) is 68.3 Å². The predicted octanol–water partition coefficient (Wildman–Crippen LogP) is 3.95. The number of carbonyl (C=O) groups is 2. The Labute approximate surface area is 136 Å². The standard InChI is InChI=1S/C19H22N2O2/c1-13-4-7-18(12-14(13)2)20-11-10-19(23)21-17-8-5-16(6-9-17)15(3)22/h4-9,12,20H,10-11H2,1-3H3,(H,21,23). The average Bonchev–Trinajstić information content (AvgIpc) is 2.51. The molecule has 0 atom stereocenters. The summed E-state index contributed by atoms with van der Waals surface area (Å²) >= 11 is 0. The minimum Gasteiger partial charge on any atom is -0.385 e. The number of rotatable bonds is 6. The van der Waals surface area contributed by atoms with E-state index >= 15 is 0 Å². The van der Waals surface area contributed by atoms with Crippen molar-refractivity contribution in [3.63, 3.8) is 0 Å². The predicted molar refractivity (Wildman–Crippen MR) is 94.1 cm³/mol. The van der Waals surface area contributed by atoms with Gasteiger partial charge in [0.1, 0.15) is 0 Å². The summed E-state index contributed by atoms with van der Waals surface area (Å²) in [6.45, 7) is 6.23. The van der Waals surface area contributed by atoms with E-state index in [1.54, 1.807) is 24.3 Å². The van der Waals surface area contributed by atoms with Gasteiger partial charge in [-0.3, -0.25) is 9.59 Å². The van der Waals surface area contributed by atoms with Gasteiger partial charge in [-0.2, -0.15) is 0 Å². The number of hydrogen-bond donors (Lipinski definition) is 2. The molecule has 0 aliphatic heterocycles. The van der Waals surface area contributed by atoms with Crippen LogP contribution in [0.25, 0.3) is 0 Å². The molecule has 2 rings (SSSR count). The van der Waals surface area contributed by atoms with Gasteiger partial charge in [-0.1, -0.05) is 6.07 Å². The summed E-state index contributed by atoms with van der Waals surface area (Å²) in [6, 6.07) is 13.1. The molecule has 4 nitrogen and oxygen atoms in total. The van der Waals surface area contributed by atoms with E-state index in [0.29, 0.717) is 24.2 Å². The fourth-order valence-corrected chi connectivity index (χ4v) is 2.18. The van der Waals surface area contributed by atoms with Crippen molar-refractivity contribution >= 4 is 23.1 Å². The Hall–Kier alpha value is -2.62. The molecule has 0 fully saturated rings. The van der Waals surface area contributed by atoms with Crippen molar-refractivity contribution in [3.05, 3.63) is 59.2 Å². The molecule has 0 saturated carbocycles. The van der Waals surface area contributed by atoms with Gasteiger partial charge in [-0.25, -0.2) is 0 Å². The quantitative estimate of drug-likeness (QED) is 0.794. The summed E-state index contributed by atoms with van der Waals surface area (Å²) in [4.78, 5) is 23.1. The Balaban J connectivity index is 1.80. The number of carbonyl (C=O) groups excluding carboxylic acids is 2. The molecular formula is C19H22N2O2. The van der Waals surface area contributed by atoms with Crippen LogP contribution in [0.5, 0.6) is 0 Å². The average molecular weight is 310 g/mol. The van der Waals surface area contributed by atoms with Gasteiger partial charge in [0.2, 0.25) is 5.91 Å². The fourth-order valence-electron chi connectivity index (χ4n) is 2.18. The third-order valence-corrected chi connectivity index (χ3v) is 3.76. The van der Waals surface area contributed by atoms with Crippen LogP contribution >= 0.6 is 0 Å². The lowest BCUT2D eigenvalue weighted by Crippen LogP contribution is -2.16. The van der Waals surface area contributed by atoms with Crippen LogP contribution in [0.3, 0.4) is 0 Å². The number of Topliss-reactive ketones (excluding diaryl/α,β-unsaturated/α-hetero) is 1. The molecule has 2 N–H and O–H groups in total. The molecule has 0 unspecified atom stereocenters. The molecule has 0 bridgehead atoms. The van der Waals surface area contributed by atoms with Crippen LogP contribution in [-0.4, -0.2) is 18.2 Å². The first-order chi connectivity index (χ1) is 11.0. The first-order valence-electron chi connectivity index (χ1n) is 7.67. The van der Waals surface area contributed by atoms with Crippen molar-refractivity contribution in [1.82, 2.24) is 0 Å². The molecule has 0 aliphatic rings. The number of hydrogen-bond acceptors (Lipinski definition) is 3. The Morgan fingerprint density at radius 3 is 2.17 bits per heavy atom. The molecule has 2 aromatic carbocycles. The minimum atomic E-state index is -0.0584. The molecule has 2 aromatic rings. The first-order valence-corrected chi connectivity index (χ1v) is 7.67. The van der Waals surface area contributed by atoms with Gasteiger partial charge < -0.3 is 10.6 Å². The Morgan fingerprint density at radius 2 is 1.57 bits per heavy atom. The summed E-state index contributed by atoms with van der Waals surface area (Å²) in [5, 5.41) is 6.07. The number of nitrogens with one attached hydrogen (secondary N) is 2. The highest BCUT2D eigenvalue weighted by Gasteiger charge is 2.04. The van der Waals surface area contributed by atoms with Gasteiger partial charge in [-0.15, -0.1) is 0 Å². The molecule has 0 radical (unpaired) electrons. The minimum absolute atomic E-state index is 0.0143. The smallest absolute Gasteiger partial charge is 0.226 e. The van der Waals surface area contributed by atoms with Crippen LogP contribution in [0, 0.1) is 13.8 Å². The number of anilines is 2. The maximum Gasteiger partial charge on any atom is 0.226 e. The van der Waals surface area contributed by atoms with Gasteiger partial charge in [0.05, 0.1) is 0 Å². The zero-order valence-electron chi connectivity index (χ0n) is 13.8. The third-order valence-electron chi connectivity index (χ3n) is 3.76. The highest BCUT2D eigenvalue weighted by Crippen LogP contribution is 2.14. The van der Waals surface area contributed by atoms with E-state index in [2.05, 4.69) is 36.6 Å². The number of amides is 1. The molecule has 1 amide bonds. The summed E-state index contributed by atoms with van der Waals surface area (Å²) in [7, 11) is 0. The van der Waals surface area contributed by atoms with E-state index in [0.717, 1.165) is 5.69 Å². The summed E-state index contributed by atoms with van der Waals surface area (Å²) < 4.78 is 0. The zero-order chi connectivity index (χ0) is 16.8. The molecule has 120 valence electrons. The third kappa shape index (κ3) is 4.95. The highest BCUT2D eigenvalue weighted by atomic mass is 16.1. The maximum atomic E-state index is 11.9. The summed E-state index contributed by atoms with van der Waals surface area (Å²) in [6.07, 6.45) is 0.376. The molecule has 0 spiro atoms. The van der Waals surface area contributed by atoms with Crippen LogP contribution in [-0.2, 0) is 4.79 Å². The van der Waals surface area contributed by atoms with Gasteiger partial charge >= 0.3 is 0 Å². The Kier molecular flexibility index (Phi) is 5.52. The SMILES string of the molecule is CC(=O)c1ccc(NC(=O)CCNc2ccc(C)c(C)c2)cc1. The van der Waals surface area contributed by atoms with Crippen LogP contribution in [0.15, 0.2) is 42.5 Å². The zero-order valence-corrected chi connectivity index (χ0v) is 13.8. The highest BCUT2D eigenvalue weighted by molar-refractivity contribution is 5.95. The van der Waals surface area contributed by atoms with Crippen LogP contribution in [0.2, 0.25) is 0 Å². The normalized spacial score (nSPS) is 10.2. The number of aryl methyl sites for hydroxylation is 2. The molecule has 4 heteroatoms. The van der Waals surface area contributed by atoms with Gasteiger partial charge in [0.15, 0.2) is 5.78 Å². The molecule has 23 heavy (non-hydrogen) atoms. The van der Waals surface area contributed by atoms with E-state index in [-0.39, 0.29) is 11.7 Å². The summed E-state index contributed by atoms with van der Waals surface area (Å²) in [5.41, 5.74) is 4.84. The molecule has 0 saturated heterocycles. The molecular weight excluding hydrogens is 288 g/mol. The molecule has 0 aromatic heterocycles. The van der Waals surface area contributed by atoms with E-state index in [4.69, 9.17) is 0 Å². The van der Waals surface area contributed by atoms with Crippen molar-refractivity contribution in [2.24, 2.45) is 0 Å². The van der Waals surface area contributed by atoms with Crippen LogP contribution < -0.4 is 10.6 Å². The Bertz CT molecular complexity index is 706. The number of benzene rings is 2. The largest absolute Gasteiger partial charge is 0.385 e. The van der Waals surface area contributed by atoms with Crippen LogP contribution in [0.1, 0.15) is 34.8 Å². The topological polar surface area (TPSA) is 58.2 Å². The van der Waals surface area contributed by atoms with Crippen molar-refractivity contribution in [2.45, 2.75) is 27.2 Å². The van der Waals surface area contributed by atoms with Crippen LogP contribution in [0.4, 0.5) is 11.4 Å². The second-order valence-electron chi connectivity index (χ2n) is 5.66. The lowest BCUT2D eigenvalue weighted by atomic mass is 10.1. The monoisotopic (exact) mass is 310 g/mol. The molecule has 0 aliphatic carbocycles. The van der Waals surface area contributed by atoms with Crippen molar-refractivity contribution < 1.29 is 9.59 Å². The van der Waals surface area contributed by atoms with Gasteiger partial charge in [0.25, 0.3) is 0 Å². The lowest BCUT2D eigenvalue weighted by Gasteiger charge is -2.09. The van der Waals surface area contributed by atoms with E-state index in [1.165, 1.54) is 18.1 Å². The van der Waals surface area contributed by atoms with Crippen molar-refractivity contribution in [2.75, 3.05) is 17.2 Å². The maximum absolute atomic E-state index is 11.9. The van der Waals surface area contributed by atoms with E-state index < -0.39 is 0 Å². The molecule has 0 heterocycles. The van der Waals surface area contributed by atoms with Gasteiger partial charge in [0, 0.05) is 29.9 Å². The van der Waals surface area contributed by atoms with Crippen molar-refractivity contribution in [1.29, 1.82) is 0 Å². The second-order valence-corrected chi connectivity index (χ2v) is 5.66. The van der Waals surface area contributed by atoms with Crippen molar-refractivity contribution in [3.8, 4) is 0 Å². The summed E-state index contributed by atoms with van der Waals surface area (Å²) in [5.74, 6) is -0.0441. The van der Waals surface area contributed by atoms with E-state index in [1.807, 2.05) is 6.07 Å². The van der Waals surface area contributed by atoms with E-state index in [9.17, 15) is 9.59 Å². The second kappa shape index (κ2) is 7.58.